The van der Waals surface area contributed by atoms with E-state index in [-0.39, 0.29) is 42.7 Å². The molecule has 1 N–H and O–H groups in total. The molecule has 2 aromatic carbocycles. The summed E-state index contributed by atoms with van der Waals surface area (Å²) in [5.41, 5.74) is 1.59. The Morgan fingerprint density at radius 2 is 1.96 bits per heavy atom. The molecular weight excluding hydrogens is 334 g/mol. The maximum Gasteiger partial charge on any atom is 0.258 e. The van der Waals surface area contributed by atoms with Gasteiger partial charge >= 0.3 is 0 Å². The summed E-state index contributed by atoms with van der Waals surface area (Å²) in [5, 5.41) is 2.76. The van der Waals surface area contributed by atoms with Gasteiger partial charge in [-0.25, -0.2) is 0 Å². The van der Waals surface area contributed by atoms with E-state index in [0.29, 0.717) is 23.6 Å². The van der Waals surface area contributed by atoms with Crippen molar-refractivity contribution in [2.45, 2.75) is 19.9 Å². The normalized spacial score (nSPS) is 12.7. The summed E-state index contributed by atoms with van der Waals surface area (Å²) in [6, 6.07) is 12.5. The fraction of sp³-hybridized carbons (Fsp3) is 0.250. The molecule has 26 heavy (non-hydrogen) atoms. The number of fused-ring (bicyclic) bond motifs is 1. The van der Waals surface area contributed by atoms with E-state index >= 15 is 0 Å². The van der Waals surface area contributed by atoms with Crippen LogP contribution in [0.3, 0.4) is 0 Å². The van der Waals surface area contributed by atoms with Crippen LogP contribution in [0.15, 0.2) is 42.5 Å². The van der Waals surface area contributed by atoms with Crippen molar-refractivity contribution in [1.82, 2.24) is 5.32 Å². The van der Waals surface area contributed by atoms with Crippen LogP contribution in [0, 0.1) is 0 Å². The molecule has 2 aromatic rings. The lowest BCUT2D eigenvalue weighted by atomic mass is 9.99. The summed E-state index contributed by atoms with van der Waals surface area (Å²) in [5.74, 6) is -0.0292. The molecule has 0 saturated heterocycles. The van der Waals surface area contributed by atoms with Crippen LogP contribution in [0.2, 0.25) is 0 Å². The van der Waals surface area contributed by atoms with E-state index < -0.39 is 0 Å². The fourth-order valence-corrected chi connectivity index (χ4v) is 2.69. The highest BCUT2D eigenvalue weighted by Gasteiger charge is 2.25. The van der Waals surface area contributed by atoms with Crippen LogP contribution in [0.1, 0.15) is 39.6 Å². The number of hydrogen-bond donors (Lipinski definition) is 1. The average molecular weight is 353 g/mol. The lowest BCUT2D eigenvalue weighted by molar-refractivity contribution is -0.123. The third-order valence-electron chi connectivity index (χ3n) is 4.02. The molecule has 0 unspecified atom stereocenters. The minimum Gasteiger partial charge on any atom is -0.492 e. The van der Waals surface area contributed by atoms with Crippen LogP contribution in [0.25, 0.3) is 0 Å². The Hall–Kier alpha value is -3.15. The number of benzene rings is 2. The molecule has 0 fully saturated rings. The number of ether oxygens (including phenoxy) is 2. The largest absolute Gasteiger partial charge is 0.492 e. The Morgan fingerprint density at radius 1 is 1.19 bits per heavy atom. The van der Waals surface area contributed by atoms with Crippen LogP contribution in [0.4, 0.5) is 0 Å². The molecule has 1 heterocycles. The highest BCUT2D eigenvalue weighted by atomic mass is 16.5. The second kappa shape index (κ2) is 7.82. The van der Waals surface area contributed by atoms with E-state index in [9.17, 15) is 14.4 Å². The topological polar surface area (TPSA) is 81.7 Å². The maximum atomic E-state index is 12.1. The fourth-order valence-electron chi connectivity index (χ4n) is 2.69. The van der Waals surface area contributed by atoms with Crippen molar-refractivity contribution in [3.05, 3.63) is 59.2 Å². The summed E-state index contributed by atoms with van der Waals surface area (Å²) in [6.45, 7) is 1.85. The molecule has 134 valence electrons. The van der Waals surface area contributed by atoms with Crippen molar-refractivity contribution in [3.8, 4) is 11.5 Å². The zero-order chi connectivity index (χ0) is 18.5. The summed E-state index contributed by atoms with van der Waals surface area (Å²) in [4.78, 5) is 35.9. The van der Waals surface area contributed by atoms with Gasteiger partial charge in [0.25, 0.3) is 5.91 Å². The average Bonchev–Trinajstić information content (AvgIpc) is 2.65. The van der Waals surface area contributed by atoms with Gasteiger partial charge in [0.1, 0.15) is 11.5 Å². The quantitative estimate of drug-likeness (QED) is 0.807. The third kappa shape index (κ3) is 4.08. The first-order valence-corrected chi connectivity index (χ1v) is 8.33. The molecular formula is C20H19NO5. The number of ketones is 2. The molecule has 1 amide bonds. The molecule has 1 aliphatic heterocycles. The van der Waals surface area contributed by atoms with Crippen LogP contribution in [-0.2, 0) is 11.3 Å². The van der Waals surface area contributed by atoms with Gasteiger partial charge in [0.2, 0.25) is 0 Å². The van der Waals surface area contributed by atoms with Crippen LogP contribution >= 0.6 is 0 Å². The predicted octanol–water partition coefficient (Wildman–Crippen LogP) is 2.55. The van der Waals surface area contributed by atoms with Gasteiger partial charge in [-0.05, 0) is 24.6 Å². The zero-order valence-electron chi connectivity index (χ0n) is 14.4. The summed E-state index contributed by atoms with van der Waals surface area (Å²) < 4.78 is 11.0. The number of Topliss-reactive ketones (excluding diaryl/α,β-unsaturated/α-hetero) is 2. The second-order valence-electron chi connectivity index (χ2n) is 5.98. The number of amides is 1. The molecule has 0 bridgehead atoms. The first-order chi connectivity index (χ1) is 12.5. The van der Waals surface area contributed by atoms with Crippen molar-refractivity contribution in [1.29, 1.82) is 0 Å². The minimum absolute atomic E-state index is 0.104. The van der Waals surface area contributed by atoms with E-state index in [2.05, 4.69) is 5.32 Å². The van der Waals surface area contributed by atoms with Gasteiger partial charge in [-0.1, -0.05) is 30.3 Å². The van der Waals surface area contributed by atoms with Gasteiger partial charge in [0.05, 0.1) is 17.7 Å². The molecule has 0 aliphatic carbocycles. The maximum absolute atomic E-state index is 12.1. The Morgan fingerprint density at radius 3 is 2.69 bits per heavy atom. The van der Waals surface area contributed by atoms with Gasteiger partial charge in [-0.3, -0.25) is 14.4 Å². The van der Waals surface area contributed by atoms with Crippen LogP contribution in [-0.4, -0.2) is 30.7 Å². The first kappa shape index (κ1) is 17.7. The Balaban J connectivity index is 1.67. The minimum atomic E-state index is -0.293. The number of carbonyl (C=O) groups excluding carboxylic acids is 3. The molecule has 3 rings (SSSR count). The molecule has 6 nitrogen and oxygen atoms in total. The van der Waals surface area contributed by atoms with Crippen molar-refractivity contribution < 1.29 is 23.9 Å². The van der Waals surface area contributed by atoms with Crippen molar-refractivity contribution in [2.75, 3.05) is 13.2 Å². The number of carbonyl (C=O) groups is 3. The summed E-state index contributed by atoms with van der Waals surface area (Å²) in [7, 11) is 0. The highest BCUT2D eigenvalue weighted by molar-refractivity contribution is 6.06. The monoisotopic (exact) mass is 353 g/mol. The summed E-state index contributed by atoms with van der Waals surface area (Å²) in [6.07, 6.45) is 0.255. The van der Waals surface area contributed by atoms with E-state index in [1.807, 2.05) is 30.3 Å². The SMILES string of the molecule is CC(=O)c1cc(OCC(=O)NCc2ccccc2)cc2c1OCCC2=O. The van der Waals surface area contributed by atoms with E-state index in [1.54, 1.807) is 0 Å². The Bertz CT molecular complexity index is 828. The zero-order valence-corrected chi connectivity index (χ0v) is 14.4. The lowest BCUT2D eigenvalue weighted by Gasteiger charge is -2.20. The number of hydrogen-bond acceptors (Lipinski definition) is 5. The molecule has 0 radical (unpaired) electrons. The smallest absolute Gasteiger partial charge is 0.258 e. The van der Waals surface area contributed by atoms with Gasteiger partial charge < -0.3 is 14.8 Å². The molecule has 0 aromatic heterocycles. The summed E-state index contributed by atoms with van der Waals surface area (Å²) >= 11 is 0. The molecule has 0 atom stereocenters. The van der Waals surface area contributed by atoms with E-state index in [1.165, 1.54) is 19.1 Å². The van der Waals surface area contributed by atoms with Gasteiger partial charge in [-0.2, -0.15) is 0 Å². The first-order valence-electron chi connectivity index (χ1n) is 8.33. The van der Waals surface area contributed by atoms with Crippen molar-refractivity contribution >= 4 is 17.5 Å². The van der Waals surface area contributed by atoms with Crippen molar-refractivity contribution in [2.24, 2.45) is 0 Å². The van der Waals surface area contributed by atoms with Crippen LogP contribution < -0.4 is 14.8 Å². The predicted molar refractivity (Wildman–Crippen MR) is 94.7 cm³/mol. The molecule has 0 spiro atoms. The highest BCUT2D eigenvalue weighted by Crippen LogP contribution is 2.33. The van der Waals surface area contributed by atoms with E-state index in [4.69, 9.17) is 9.47 Å². The second-order valence-corrected chi connectivity index (χ2v) is 5.98. The van der Waals surface area contributed by atoms with Crippen LogP contribution in [0.5, 0.6) is 11.5 Å². The van der Waals surface area contributed by atoms with Crippen molar-refractivity contribution in [3.63, 3.8) is 0 Å². The van der Waals surface area contributed by atoms with Gasteiger partial charge in [0, 0.05) is 13.0 Å². The third-order valence-corrected chi connectivity index (χ3v) is 4.02. The number of nitrogens with one attached hydrogen (secondary N) is 1. The Labute approximate surface area is 151 Å². The molecule has 6 heteroatoms. The van der Waals surface area contributed by atoms with E-state index in [0.717, 1.165) is 5.56 Å². The van der Waals surface area contributed by atoms with Gasteiger partial charge in [0.15, 0.2) is 18.2 Å². The molecule has 1 aliphatic rings. The Kier molecular flexibility index (Phi) is 5.31. The standard InChI is InChI=1S/C20H19NO5/c1-13(22)16-9-15(10-17-18(23)7-8-25-20(16)17)26-12-19(24)21-11-14-5-3-2-4-6-14/h2-6,9-10H,7-8,11-12H2,1H3,(H,21,24). The van der Waals surface area contributed by atoms with Gasteiger partial charge in [-0.15, -0.1) is 0 Å². The lowest BCUT2D eigenvalue weighted by Crippen LogP contribution is -2.28. The number of rotatable bonds is 6. The molecule has 0 saturated carbocycles.